The van der Waals surface area contributed by atoms with E-state index in [1.54, 1.807) is 0 Å². The van der Waals surface area contributed by atoms with Crippen LogP contribution in [0.2, 0.25) is 0 Å². The van der Waals surface area contributed by atoms with Crippen LogP contribution < -0.4 is 21.7 Å². The van der Waals surface area contributed by atoms with Gasteiger partial charge < -0.3 is 26.8 Å². The summed E-state index contributed by atoms with van der Waals surface area (Å²) in [5.41, 5.74) is 5.01. The van der Waals surface area contributed by atoms with E-state index in [2.05, 4.69) is 16.0 Å². The first-order valence-electron chi connectivity index (χ1n) is 8.17. The number of Topliss-reactive ketones (excluding diaryl/α,β-unsaturated/α-hetero) is 1. The van der Waals surface area contributed by atoms with Crippen LogP contribution >= 0.6 is 0 Å². The lowest BCUT2D eigenvalue weighted by atomic mass is 9.95. The Morgan fingerprint density at radius 3 is 2.44 bits per heavy atom. The summed E-state index contributed by atoms with van der Waals surface area (Å²) in [6, 6.07) is -2.32. The largest absolute Gasteiger partial charge is 0.465 e. The standard InChI is InChI=1S/C15H24N4O6/c1-2-3-4-9(19-15(24)25)14(23)18-10(11(20)12(16)21)7-8-5-6-17-13(8)22/h8-10,19H,2-7H2,1H3,(H2,16,21)(H,17,22)(H,18,23)(H,24,25)/t8-,9-,10-/m0/s1. The average Bonchev–Trinajstić information content (AvgIpc) is 2.94. The van der Waals surface area contributed by atoms with Crippen molar-refractivity contribution in [1.82, 2.24) is 16.0 Å². The minimum atomic E-state index is -1.37. The third kappa shape index (κ3) is 6.40. The fourth-order valence-corrected chi connectivity index (χ4v) is 2.66. The van der Waals surface area contributed by atoms with Gasteiger partial charge in [0.25, 0.3) is 5.91 Å². The highest BCUT2D eigenvalue weighted by atomic mass is 16.4. The lowest BCUT2D eigenvalue weighted by Crippen LogP contribution is -2.54. The number of carbonyl (C=O) groups is 5. The molecule has 1 saturated heterocycles. The fraction of sp³-hybridized carbons (Fsp3) is 0.667. The van der Waals surface area contributed by atoms with Crippen molar-refractivity contribution in [3.63, 3.8) is 0 Å². The molecule has 10 nitrogen and oxygen atoms in total. The van der Waals surface area contributed by atoms with E-state index in [0.717, 1.165) is 6.42 Å². The van der Waals surface area contributed by atoms with E-state index in [9.17, 15) is 24.0 Å². The average molecular weight is 356 g/mol. The van der Waals surface area contributed by atoms with Crippen molar-refractivity contribution in [3.05, 3.63) is 0 Å². The number of carboxylic acid groups (broad SMARTS) is 1. The van der Waals surface area contributed by atoms with Crippen LogP contribution in [0.5, 0.6) is 0 Å². The van der Waals surface area contributed by atoms with Gasteiger partial charge in [0.2, 0.25) is 17.6 Å². The third-order valence-corrected chi connectivity index (χ3v) is 4.02. The van der Waals surface area contributed by atoms with Gasteiger partial charge in [-0.15, -0.1) is 0 Å². The van der Waals surface area contributed by atoms with Crippen LogP contribution in [0, 0.1) is 5.92 Å². The molecule has 0 aromatic carbocycles. The molecule has 3 atom stereocenters. The Labute approximate surface area is 144 Å². The monoisotopic (exact) mass is 356 g/mol. The van der Waals surface area contributed by atoms with Crippen LogP contribution in [0.1, 0.15) is 39.0 Å². The Morgan fingerprint density at radius 1 is 1.28 bits per heavy atom. The fourth-order valence-electron chi connectivity index (χ4n) is 2.66. The first-order chi connectivity index (χ1) is 11.8. The zero-order valence-corrected chi connectivity index (χ0v) is 14.0. The second-order valence-electron chi connectivity index (χ2n) is 5.95. The molecule has 0 spiro atoms. The lowest BCUT2D eigenvalue weighted by Gasteiger charge is -2.22. The summed E-state index contributed by atoms with van der Waals surface area (Å²) in [7, 11) is 0. The molecule has 6 N–H and O–H groups in total. The van der Waals surface area contributed by atoms with Crippen LogP contribution in [-0.4, -0.2) is 53.3 Å². The maximum atomic E-state index is 12.3. The van der Waals surface area contributed by atoms with E-state index in [0.29, 0.717) is 19.4 Å². The first kappa shape index (κ1) is 20.4. The predicted octanol–water partition coefficient (Wildman–Crippen LogP) is -1.12. The van der Waals surface area contributed by atoms with Crippen molar-refractivity contribution in [2.75, 3.05) is 6.54 Å². The molecule has 1 fully saturated rings. The minimum absolute atomic E-state index is 0.0626. The number of rotatable bonds is 10. The number of nitrogens with one attached hydrogen (secondary N) is 3. The van der Waals surface area contributed by atoms with E-state index >= 15 is 0 Å². The number of ketones is 1. The lowest BCUT2D eigenvalue weighted by molar-refractivity contribution is -0.139. The van der Waals surface area contributed by atoms with E-state index in [4.69, 9.17) is 10.8 Å². The molecule has 0 unspecified atom stereocenters. The van der Waals surface area contributed by atoms with Gasteiger partial charge in [0.05, 0.1) is 6.04 Å². The minimum Gasteiger partial charge on any atom is -0.465 e. The molecule has 25 heavy (non-hydrogen) atoms. The normalized spacial score (nSPS) is 18.8. The number of nitrogens with two attached hydrogens (primary N) is 1. The first-order valence-corrected chi connectivity index (χ1v) is 8.17. The van der Waals surface area contributed by atoms with Crippen LogP contribution in [0.15, 0.2) is 0 Å². The molecule has 1 heterocycles. The van der Waals surface area contributed by atoms with E-state index in [1.165, 1.54) is 0 Å². The number of primary amides is 1. The molecule has 0 aromatic heterocycles. The molecule has 4 amide bonds. The number of hydrogen-bond acceptors (Lipinski definition) is 5. The highest BCUT2D eigenvalue weighted by molar-refractivity contribution is 6.37. The predicted molar refractivity (Wildman–Crippen MR) is 86.3 cm³/mol. The van der Waals surface area contributed by atoms with E-state index in [1.807, 2.05) is 6.92 Å². The molecule has 0 aliphatic carbocycles. The van der Waals surface area contributed by atoms with Crippen molar-refractivity contribution in [2.45, 2.75) is 51.1 Å². The summed E-state index contributed by atoms with van der Waals surface area (Å²) in [6.45, 7) is 2.34. The molecule has 0 bridgehead atoms. The van der Waals surface area contributed by atoms with Crippen LogP contribution in [0.25, 0.3) is 0 Å². The second kappa shape index (κ2) is 9.60. The quantitative estimate of drug-likeness (QED) is 0.311. The van der Waals surface area contributed by atoms with Crippen molar-refractivity contribution >= 4 is 29.6 Å². The molecule has 0 aromatic rings. The molecular formula is C15H24N4O6. The number of hydrogen-bond donors (Lipinski definition) is 5. The van der Waals surface area contributed by atoms with Crippen molar-refractivity contribution in [1.29, 1.82) is 0 Å². The van der Waals surface area contributed by atoms with Crippen molar-refractivity contribution < 1.29 is 29.1 Å². The summed E-state index contributed by atoms with van der Waals surface area (Å²) in [4.78, 5) is 58.0. The van der Waals surface area contributed by atoms with Crippen molar-refractivity contribution in [2.24, 2.45) is 11.7 Å². The van der Waals surface area contributed by atoms with Gasteiger partial charge in [-0.05, 0) is 19.3 Å². The Bertz CT molecular complexity index is 550. The summed E-state index contributed by atoms with van der Waals surface area (Å²) < 4.78 is 0. The second-order valence-corrected chi connectivity index (χ2v) is 5.95. The van der Waals surface area contributed by atoms with Crippen LogP contribution in [-0.2, 0) is 19.2 Å². The van der Waals surface area contributed by atoms with Gasteiger partial charge in [0, 0.05) is 12.5 Å². The SMILES string of the molecule is CCCC[C@H](NC(=O)O)C(=O)N[C@@H](C[C@@H]1CCNC1=O)C(=O)C(N)=O. The number of carbonyl (C=O) groups excluding carboxylic acids is 4. The molecule has 1 aliphatic rings. The van der Waals surface area contributed by atoms with Gasteiger partial charge >= 0.3 is 6.09 Å². The van der Waals surface area contributed by atoms with Gasteiger partial charge in [-0.25, -0.2) is 4.79 Å². The maximum Gasteiger partial charge on any atom is 0.405 e. The Kier molecular flexibility index (Phi) is 7.83. The van der Waals surface area contributed by atoms with Crippen LogP contribution in [0.4, 0.5) is 4.79 Å². The van der Waals surface area contributed by atoms with Crippen molar-refractivity contribution in [3.8, 4) is 0 Å². The molecule has 140 valence electrons. The number of unbranched alkanes of at least 4 members (excludes halogenated alkanes) is 1. The molecule has 0 radical (unpaired) electrons. The van der Waals surface area contributed by atoms with Gasteiger partial charge in [0.1, 0.15) is 6.04 Å². The zero-order valence-electron chi connectivity index (χ0n) is 14.0. The van der Waals surface area contributed by atoms with E-state index in [-0.39, 0.29) is 18.7 Å². The van der Waals surface area contributed by atoms with E-state index < -0.39 is 41.7 Å². The van der Waals surface area contributed by atoms with Gasteiger partial charge in [-0.3, -0.25) is 19.2 Å². The molecule has 10 heteroatoms. The highest BCUT2D eigenvalue weighted by Gasteiger charge is 2.34. The van der Waals surface area contributed by atoms with Gasteiger partial charge in [-0.2, -0.15) is 0 Å². The molecule has 1 aliphatic heterocycles. The topological polar surface area (TPSA) is 168 Å². The Hall–Kier alpha value is -2.65. The summed E-state index contributed by atoms with van der Waals surface area (Å²) in [5, 5.41) is 15.9. The summed E-state index contributed by atoms with van der Waals surface area (Å²) >= 11 is 0. The Balaban J connectivity index is 2.83. The molecule has 0 saturated carbocycles. The summed E-state index contributed by atoms with van der Waals surface area (Å²) in [5.74, 6) is -3.75. The maximum absolute atomic E-state index is 12.3. The van der Waals surface area contributed by atoms with Crippen LogP contribution in [0.3, 0.4) is 0 Å². The van der Waals surface area contributed by atoms with Gasteiger partial charge in [-0.1, -0.05) is 19.8 Å². The molecule has 1 rings (SSSR count). The third-order valence-electron chi connectivity index (χ3n) is 4.02. The van der Waals surface area contributed by atoms with Gasteiger partial charge in [0.15, 0.2) is 0 Å². The smallest absolute Gasteiger partial charge is 0.405 e. The Morgan fingerprint density at radius 2 is 1.96 bits per heavy atom. The summed E-state index contributed by atoms with van der Waals surface area (Å²) in [6.07, 6.45) is 0.631. The number of amides is 4. The highest BCUT2D eigenvalue weighted by Crippen LogP contribution is 2.17. The zero-order chi connectivity index (χ0) is 19.0. The molecular weight excluding hydrogens is 332 g/mol.